The van der Waals surface area contributed by atoms with Crippen LogP contribution in [0.3, 0.4) is 0 Å². The molecule has 0 unspecified atom stereocenters. The summed E-state index contributed by atoms with van der Waals surface area (Å²) in [5.41, 5.74) is 3.71. The Hall–Kier alpha value is -1.34. The van der Waals surface area contributed by atoms with Gasteiger partial charge in [-0.1, -0.05) is 23.3 Å². The van der Waals surface area contributed by atoms with Gasteiger partial charge in [0, 0.05) is 7.11 Å². The minimum Gasteiger partial charge on any atom is -0.508 e. The number of benzene rings is 1. The molecule has 0 aliphatic carbocycles. The maximum absolute atomic E-state index is 12.3. The molecule has 1 aromatic rings. The van der Waals surface area contributed by atoms with Crippen LogP contribution in [0.4, 0.5) is 0 Å². The second-order valence-corrected chi connectivity index (χ2v) is 9.44. The van der Waals surface area contributed by atoms with Crippen LogP contribution >= 0.6 is 11.6 Å². The van der Waals surface area contributed by atoms with Crippen molar-refractivity contribution in [2.24, 2.45) is 0 Å². The maximum Gasteiger partial charge on any atom is 0.163 e. The second kappa shape index (κ2) is 7.72. The number of methoxy groups -OCH3 is 1. The minimum atomic E-state index is -3.16. The number of aromatic hydroxyl groups is 1. The largest absolute Gasteiger partial charge is 0.508 e. The first-order chi connectivity index (χ1) is 12.3. The Kier molecular flexibility index (Phi) is 5.77. The maximum atomic E-state index is 12.3. The SMILES string of the molecule is COCC1=C2[C@@H](CC/C(C)=C/c3ccc(O)cc3Cl)OC[C@@H]2S(=O)(=O)C1. The van der Waals surface area contributed by atoms with Crippen LogP contribution in [0, 0.1) is 0 Å². The summed E-state index contributed by atoms with van der Waals surface area (Å²) in [6.45, 7) is 2.58. The van der Waals surface area contributed by atoms with E-state index in [-0.39, 0.29) is 24.2 Å². The molecule has 5 nitrogen and oxygen atoms in total. The summed E-state index contributed by atoms with van der Waals surface area (Å²) in [6, 6.07) is 4.88. The van der Waals surface area contributed by atoms with Crippen LogP contribution < -0.4 is 0 Å². The third kappa shape index (κ3) is 3.98. The summed E-state index contributed by atoms with van der Waals surface area (Å²) in [6.07, 6.45) is 3.27. The van der Waals surface area contributed by atoms with E-state index in [2.05, 4.69) is 0 Å². The van der Waals surface area contributed by atoms with Crippen molar-refractivity contribution in [2.75, 3.05) is 26.1 Å². The molecule has 1 fully saturated rings. The quantitative estimate of drug-likeness (QED) is 0.744. The van der Waals surface area contributed by atoms with Gasteiger partial charge in [0.05, 0.1) is 30.1 Å². The molecule has 0 aromatic heterocycles. The van der Waals surface area contributed by atoms with Crippen LogP contribution in [0.25, 0.3) is 6.08 Å². The van der Waals surface area contributed by atoms with Crippen molar-refractivity contribution in [1.82, 2.24) is 0 Å². The molecule has 0 saturated carbocycles. The van der Waals surface area contributed by atoms with Crippen molar-refractivity contribution in [3.63, 3.8) is 0 Å². The molecule has 0 amide bonds. The van der Waals surface area contributed by atoms with E-state index in [9.17, 15) is 13.5 Å². The number of hydrogen-bond acceptors (Lipinski definition) is 5. The second-order valence-electron chi connectivity index (χ2n) is 6.84. The molecule has 0 radical (unpaired) electrons. The number of halogens is 1. The molecular formula is C19H23ClO5S. The Bertz CT molecular complexity index is 857. The first-order valence-corrected chi connectivity index (χ1v) is 10.6. The van der Waals surface area contributed by atoms with Gasteiger partial charge in [-0.2, -0.15) is 0 Å². The Morgan fingerprint density at radius 3 is 2.92 bits per heavy atom. The van der Waals surface area contributed by atoms with Crippen LogP contribution in [0.1, 0.15) is 25.3 Å². The third-order valence-corrected chi connectivity index (χ3v) is 7.20. The van der Waals surface area contributed by atoms with E-state index in [0.717, 1.165) is 28.7 Å². The Morgan fingerprint density at radius 2 is 2.23 bits per heavy atom. The normalized spacial score (nSPS) is 25.0. The lowest BCUT2D eigenvalue weighted by Crippen LogP contribution is -2.19. The average Bonchev–Trinajstić information content (AvgIpc) is 3.09. The first kappa shape index (κ1) is 19.4. The van der Waals surface area contributed by atoms with Crippen LogP contribution in [0.2, 0.25) is 5.02 Å². The van der Waals surface area contributed by atoms with E-state index >= 15 is 0 Å². The number of phenols is 1. The summed E-state index contributed by atoms with van der Waals surface area (Å²) in [5, 5.41) is 9.42. The van der Waals surface area contributed by atoms with Crippen molar-refractivity contribution >= 4 is 27.5 Å². The summed E-state index contributed by atoms with van der Waals surface area (Å²) in [7, 11) is -1.58. The third-order valence-electron chi connectivity index (χ3n) is 4.87. The lowest BCUT2D eigenvalue weighted by molar-refractivity contribution is 0.117. The number of ether oxygens (including phenoxy) is 2. The van der Waals surface area contributed by atoms with E-state index in [1.807, 2.05) is 13.0 Å². The van der Waals surface area contributed by atoms with Crippen molar-refractivity contribution in [2.45, 2.75) is 31.1 Å². The fourth-order valence-electron chi connectivity index (χ4n) is 3.64. The predicted molar refractivity (Wildman–Crippen MR) is 102 cm³/mol. The highest BCUT2D eigenvalue weighted by Crippen LogP contribution is 2.38. The smallest absolute Gasteiger partial charge is 0.163 e. The van der Waals surface area contributed by atoms with E-state index in [1.165, 1.54) is 6.07 Å². The monoisotopic (exact) mass is 398 g/mol. The summed E-state index contributed by atoms with van der Waals surface area (Å²) in [4.78, 5) is 0. The highest BCUT2D eigenvalue weighted by molar-refractivity contribution is 7.92. The molecule has 142 valence electrons. The number of rotatable bonds is 6. The highest BCUT2D eigenvalue weighted by Gasteiger charge is 2.46. The topological polar surface area (TPSA) is 72.8 Å². The Morgan fingerprint density at radius 1 is 1.46 bits per heavy atom. The van der Waals surface area contributed by atoms with E-state index in [1.54, 1.807) is 19.2 Å². The molecule has 1 N–H and O–H groups in total. The van der Waals surface area contributed by atoms with E-state index in [0.29, 0.717) is 18.1 Å². The number of allylic oxidation sites excluding steroid dienone is 1. The van der Waals surface area contributed by atoms with Gasteiger partial charge in [0.1, 0.15) is 11.0 Å². The molecule has 26 heavy (non-hydrogen) atoms. The van der Waals surface area contributed by atoms with Crippen LogP contribution in [0.5, 0.6) is 5.75 Å². The zero-order valence-corrected chi connectivity index (χ0v) is 16.4. The molecule has 7 heteroatoms. The molecule has 2 heterocycles. The summed E-state index contributed by atoms with van der Waals surface area (Å²) < 4.78 is 35.6. The van der Waals surface area contributed by atoms with Gasteiger partial charge in [0.15, 0.2) is 9.84 Å². The zero-order chi connectivity index (χ0) is 18.9. The summed E-state index contributed by atoms with van der Waals surface area (Å²) in [5.74, 6) is 0.216. The van der Waals surface area contributed by atoms with Gasteiger partial charge in [-0.3, -0.25) is 0 Å². The fraction of sp³-hybridized carbons (Fsp3) is 0.474. The summed E-state index contributed by atoms with van der Waals surface area (Å²) >= 11 is 6.14. The fourth-order valence-corrected chi connectivity index (χ4v) is 5.79. The standard InChI is InChI=1S/C19H23ClO5S/c1-12(7-13-4-5-15(21)8-16(13)20)3-6-17-19-14(9-24-2)11-26(22,23)18(19)10-25-17/h4-5,7-8,17-18,21H,3,6,9-11H2,1-2H3/b12-7+/t17-,18+/m1/s1. The van der Waals surface area contributed by atoms with Gasteiger partial charge < -0.3 is 14.6 Å². The number of sulfone groups is 1. The van der Waals surface area contributed by atoms with Gasteiger partial charge in [0.25, 0.3) is 0 Å². The lowest BCUT2D eigenvalue weighted by Gasteiger charge is -2.14. The van der Waals surface area contributed by atoms with E-state index < -0.39 is 15.1 Å². The van der Waals surface area contributed by atoms with Gasteiger partial charge in [0.2, 0.25) is 0 Å². The van der Waals surface area contributed by atoms with Crippen molar-refractivity contribution < 1.29 is 23.0 Å². The predicted octanol–water partition coefficient (Wildman–Crippen LogP) is 3.37. The van der Waals surface area contributed by atoms with Crippen LogP contribution in [-0.2, 0) is 19.3 Å². The van der Waals surface area contributed by atoms with Crippen molar-refractivity contribution in [3.8, 4) is 5.75 Å². The number of fused-ring (bicyclic) bond motifs is 1. The molecular weight excluding hydrogens is 376 g/mol. The van der Waals surface area contributed by atoms with Gasteiger partial charge >= 0.3 is 0 Å². The molecule has 2 aliphatic heterocycles. The zero-order valence-electron chi connectivity index (χ0n) is 14.9. The molecule has 2 atom stereocenters. The van der Waals surface area contributed by atoms with Gasteiger partial charge in [-0.25, -0.2) is 8.42 Å². The molecule has 0 spiro atoms. The number of phenolic OH excluding ortho intramolecular Hbond substituents is 1. The molecule has 0 bridgehead atoms. The molecule has 3 rings (SSSR count). The van der Waals surface area contributed by atoms with Gasteiger partial charge in [-0.05, 0) is 54.7 Å². The average molecular weight is 399 g/mol. The van der Waals surface area contributed by atoms with Crippen molar-refractivity contribution in [1.29, 1.82) is 0 Å². The van der Waals surface area contributed by atoms with Crippen molar-refractivity contribution in [3.05, 3.63) is 45.5 Å². The first-order valence-electron chi connectivity index (χ1n) is 8.51. The lowest BCUT2D eigenvalue weighted by atomic mass is 9.97. The highest BCUT2D eigenvalue weighted by atomic mass is 35.5. The molecule has 2 aliphatic rings. The number of hydrogen-bond donors (Lipinski definition) is 1. The molecule has 1 aromatic carbocycles. The Labute approximate surface area is 159 Å². The van der Waals surface area contributed by atoms with Gasteiger partial charge in [-0.15, -0.1) is 0 Å². The van der Waals surface area contributed by atoms with Crippen LogP contribution in [0.15, 0.2) is 34.9 Å². The van der Waals surface area contributed by atoms with E-state index in [4.69, 9.17) is 21.1 Å². The van der Waals surface area contributed by atoms with Crippen LogP contribution in [-0.4, -0.2) is 51.0 Å². The Balaban J connectivity index is 1.71. The minimum absolute atomic E-state index is 0.0820. The molecule has 1 saturated heterocycles.